The average Bonchev–Trinajstić information content (AvgIpc) is 2.86. The van der Waals surface area contributed by atoms with Crippen molar-refractivity contribution in [2.24, 2.45) is 0 Å². The van der Waals surface area contributed by atoms with Gasteiger partial charge in [-0.25, -0.2) is 9.78 Å². The van der Waals surface area contributed by atoms with Crippen LogP contribution in [0.1, 0.15) is 75.7 Å². The second-order valence-electron chi connectivity index (χ2n) is 9.12. The molecule has 4 rings (SSSR count). The molecule has 0 unspecified atom stereocenters. The van der Waals surface area contributed by atoms with Gasteiger partial charge in [0, 0.05) is 10.8 Å². The molecule has 0 N–H and O–H groups in total. The normalized spacial score (nSPS) is 20.3. The van der Waals surface area contributed by atoms with Crippen LogP contribution in [-0.4, -0.2) is 43.0 Å². The van der Waals surface area contributed by atoms with Crippen LogP contribution in [0.25, 0.3) is 10.9 Å². The van der Waals surface area contributed by atoms with E-state index in [0.717, 1.165) is 29.2 Å². The largest absolute Gasteiger partial charge is 0.497 e. The lowest BCUT2D eigenvalue weighted by Crippen LogP contribution is -2.41. The maximum absolute atomic E-state index is 12.4. The van der Waals surface area contributed by atoms with Crippen LogP contribution in [-0.2, 0) is 14.0 Å². The molecule has 0 bridgehead atoms. The molecule has 2 aliphatic rings. The SMILES string of the molecule is CCOC(=O)c1cc2ccc(C3CCC3)c(B3OC(C)(C)C(C)(C)O3)c2nc1OC. The van der Waals surface area contributed by atoms with E-state index in [0.29, 0.717) is 18.1 Å². The smallest absolute Gasteiger partial charge is 0.480 e. The van der Waals surface area contributed by atoms with Gasteiger partial charge in [0.25, 0.3) is 0 Å². The van der Waals surface area contributed by atoms with E-state index < -0.39 is 24.3 Å². The molecule has 30 heavy (non-hydrogen) atoms. The zero-order valence-corrected chi connectivity index (χ0v) is 18.7. The molecule has 1 saturated carbocycles. The van der Waals surface area contributed by atoms with E-state index in [1.54, 1.807) is 13.0 Å². The van der Waals surface area contributed by atoms with Crippen molar-refractivity contribution in [3.63, 3.8) is 0 Å². The van der Waals surface area contributed by atoms with Crippen LogP contribution in [0.4, 0.5) is 0 Å². The Morgan fingerprint density at radius 1 is 1.20 bits per heavy atom. The van der Waals surface area contributed by atoms with Crippen molar-refractivity contribution in [2.45, 2.75) is 71.0 Å². The molecule has 1 aliphatic heterocycles. The number of aromatic nitrogens is 1. The summed E-state index contributed by atoms with van der Waals surface area (Å²) in [7, 11) is 0.987. The van der Waals surface area contributed by atoms with Gasteiger partial charge in [-0.15, -0.1) is 0 Å². The van der Waals surface area contributed by atoms with Crippen LogP contribution < -0.4 is 10.2 Å². The first-order valence-corrected chi connectivity index (χ1v) is 10.7. The maximum atomic E-state index is 12.4. The number of ether oxygens (including phenoxy) is 2. The second kappa shape index (κ2) is 7.54. The molecule has 0 spiro atoms. The first kappa shape index (κ1) is 21.1. The van der Waals surface area contributed by atoms with Gasteiger partial charge in [0.1, 0.15) is 5.56 Å². The predicted octanol–water partition coefficient (Wildman–Crippen LogP) is 3.99. The van der Waals surface area contributed by atoms with E-state index in [9.17, 15) is 4.79 Å². The molecule has 2 heterocycles. The minimum atomic E-state index is -0.528. The maximum Gasteiger partial charge on any atom is 0.497 e. The van der Waals surface area contributed by atoms with Gasteiger partial charge < -0.3 is 18.8 Å². The van der Waals surface area contributed by atoms with Crippen molar-refractivity contribution in [1.29, 1.82) is 0 Å². The van der Waals surface area contributed by atoms with Gasteiger partial charge in [0.05, 0.1) is 30.4 Å². The summed E-state index contributed by atoms with van der Waals surface area (Å²) in [5.74, 6) is 0.287. The Balaban J connectivity index is 1.90. The lowest BCUT2D eigenvalue weighted by molar-refractivity contribution is 0.00578. The minimum absolute atomic E-state index is 0.254. The molecule has 1 aliphatic carbocycles. The third-order valence-corrected chi connectivity index (χ3v) is 6.75. The van der Waals surface area contributed by atoms with Gasteiger partial charge in [0.2, 0.25) is 5.88 Å². The molecule has 1 aromatic heterocycles. The number of rotatable bonds is 5. The fraction of sp³-hybridized carbons (Fsp3) is 0.565. The Labute approximate surface area is 178 Å². The quantitative estimate of drug-likeness (QED) is 0.548. The van der Waals surface area contributed by atoms with Crippen LogP contribution in [0.2, 0.25) is 0 Å². The van der Waals surface area contributed by atoms with E-state index in [4.69, 9.17) is 23.8 Å². The number of carbonyl (C=O) groups is 1. The Hall–Kier alpha value is -2.12. The summed E-state index contributed by atoms with van der Waals surface area (Å²) >= 11 is 0. The first-order valence-electron chi connectivity index (χ1n) is 10.7. The van der Waals surface area contributed by atoms with E-state index in [-0.39, 0.29) is 5.88 Å². The zero-order valence-electron chi connectivity index (χ0n) is 18.7. The molecule has 2 fully saturated rings. The van der Waals surface area contributed by atoms with Gasteiger partial charge in [-0.2, -0.15) is 0 Å². The number of hydrogen-bond acceptors (Lipinski definition) is 6. The highest BCUT2D eigenvalue weighted by molar-refractivity contribution is 6.65. The zero-order chi connectivity index (χ0) is 21.7. The standard InChI is InChI=1S/C23H30BNO5/c1-7-28-21(26)17-13-15-11-12-16(14-9-8-10-14)18(19(15)25-20(17)27-6)24-29-22(2,3)23(4,5)30-24/h11-14H,7-10H2,1-6H3. The molecular formula is C23H30BNO5. The van der Waals surface area contributed by atoms with E-state index >= 15 is 0 Å². The number of benzene rings is 1. The van der Waals surface area contributed by atoms with Gasteiger partial charge in [0.15, 0.2) is 0 Å². The lowest BCUT2D eigenvalue weighted by Gasteiger charge is -2.32. The highest BCUT2D eigenvalue weighted by Crippen LogP contribution is 2.41. The number of esters is 1. The third kappa shape index (κ3) is 3.38. The van der Waals surface area contributed by atoms with Gasteiger partial charge in [-0.1, -0.05) is 18.6 Å². The van der Waals surface area contributed by atoms with Crippen molar-refractivity contribution in [1.82, 2.24) is 4.98 Å². The Morgan fingerprint density at radius 3 is 2.40 bits per heavy atom. The topological polar surface area (TPSA) is 66.9 Å². The number of nitrogens with zero attached hydrogens (tertiary/aromatic N) is 1. The summed E-state index contributed by atoms with van der Waals surface area (Å²) in [6.45, 7) is 10.3. The number of hydrogen-bond donors (Lipinski definition) is 0. The van der Waals surface area contributed by atoms with Crippen molar-refractivity contribution >= 4 is 29.5 Å². The fourth-order valence-corrected chi connectivity index (χ4v) is 4.06. The molecule has 6 nitrogen and oxygen atoms in total. The third-order valence-electron chi connectivity index (χ3n) is 6.75. The molecule has 0 atom stereocenters. The molecule has 0 radical (unpaired) electrons. The highest BCUT2D eigenvalue weighted by Gasteiger charge is 2.53. The van der Waals surface area contributed by atoms with Crippen LogP contribution in [0.3, 0.4) is 0 Å². The highest BCUT2D eigenvalue weighted by atomic mass is 16.7. The van der Waals surface area contributed by atoms with E-state index in [1.165, 1.54) is 19.1 Å². The molecule has 2 aromatic rings. The summed E-state index contributed by atoms with van der Waals surface area (Å²) in [6, 6.07) is 5.95. The molecule has 1 aromatic carbocycles. The summed E-state index contributed by atoms with van der Waals surface area (Å²) in [5.41, 5.74) is 2.33. The predicted molar refractivity (Wildman–Crippen MR) is 117 cm³/mol. The van der Waals surface area contributed by atoms with Crippen molar-refractivity contribution < 1.29 is 23.6 Å². The molecule has 1 saturated heterocycles. The molecule has 0 amide bonds. The van der Waals surface area contributed by atoms with Crippen LogP contribution >= 0.6 is 0 Å². The number of pyridine rings is 1. The minimum Gasteiger partial charge on any atom is -0.480 e. The summed E-state index contributed by atoms with van der Waals surface area (Å²) < 4.78 is 23.5. The first-order chi connectivity index (χ1) is 14.2. The van der Waals surface area contributed by atoms with Crippen LogP contribution in [0.15, 0.2) is 18.2 Å². The van der Waals surface area contributed by atoms with Gasteiger partial charge in [-0.3, -0.25) is 0 Å². The second-order valence-corrected chi connectivity index (χ2v) is 9.12. The molecular weight excluding hydrogens is 381 g/mol. The Bertz CT molecular complexity index is 967. The number of methoxy groups -OCH3 is 1. The Morgan fingerprint density at radius 2 is 1.87 bits per heavy atom. The summed E-state index contributed by atoms with van der Waals surface area (Å²) in [4.78, 5) is 17.2. The van der Waals surface area contributed by atoms with Crippen LogP contribution in [0.5, 0.6) is 5.88 Å². The molecule has 160 valence electrons. The van der Waals surface area contributed by atoms with E-state index in [2.05, 4.69) is 6.07 Å². The lowest BCUT2D eigenvalue weighted by atomic mass is 9.67. The number of carbonyl (C=O) groups excluding carboxylic acids is 1. The Kier molecular flexibility index (Phi) is 5.31. The fourth-order valence-electron chi connectivity index (χ4n) is 4.06. The van der Waals surface area contributed by atoms with Crippen molar-refractivity contribution in [3.05, 3.63) is 29.3 Å². The van der Waals surface area contributed by atoms with Crippen LogP contribution in [0, 0.1) is 0 Å². The number of fused-ring (bicyclic) bond motifs is 1. The van der Waals surface area contributed by atoms with Crippen molar-refractivity contribution in [3.8, 4) is 5.88 Å². The van der Waals surface area contributed by atoms with Gasteiger partial charge >= 0.3 is 13.1 Å². The summed E-state index contributed by atoms with van der Waals surface area (Å²) in [5, 5.41) is 0.839. The molecule has 7 heteroatoms. The average molecular weight is 411 g/mol. The monoisotopic (exact) mass is 411 g/mol. The summed E-state index contributed by atoms with van der Waals surface area (Å²) in [6.07, 6.45) is 3.52. The van der Waals surface area contributed by atoms with Gasteiger partial charge in [-0.05, 0) is 65.0 Å². The van der Waals surface area contributed by atoms with Crippen molar-refractivity contribution in [2.75, 3.05) is 13.7 Å². The van der Waals surface area contributed by atoms with E-state index in [1.807, 2.05) is 33.8 Å².